The Balaban J connectivity index is 1.38. The zero-order valence-electron chi connectivity index (χ0n) is 17.3. The van der Waals surface area contributed by atoms with Crippen molar-refractivity contribution in [3.05, 3.63) is 42.5 Å². The molecule has 3 aromatic rings. The smallest absolute Gasteiger partial charge is 0.303 e. The molecule has 4 heterocycles. The van der Waals surface area contributed by atoms with Crippen molar-refractivity contribution in [2.24, 2.45) is 13.0 Å². The summed E-state index contributed by atoms with van der Waals surface area (Å²) in [5.74, 6) is -0.0416. The predicted molar refractivity (Wildman–Crippen MR) is 110 cm³/mol. The molecule has 164 valence electrons. The highest BCUT2D eigenvalue weighted by Crippen LogP contribution is 2.25. The molecule has 1 aliphatic heterocycles. The highest BCUT2D eigenvalue weighted by Gasteiger charge is 2.30. The summed E-state index contributed by atoms with van der Waals surface area (Å²) in [6, 6.07) is 5.70. The number of nitrogens with zero attached hydrogens (tertiary/aromatic N) is 5. The molecule has 0 aromatic carbocycles. The van der Waals surface area contributed by atoms with Crippen molar-refractivity contribution in [1.29, 1.82) is 0 Å². The van der Waals surface area contributed by atoms with Crippen molar-refractivity contribution < 1.29 is 18.0 Å². The average Bonchev–Trinajstić information content (AvgIpc) is 3.18. The van der Waals surface area contributed by atoms with Crippen LogP contribution in [0.5, 0.6) is 0 Å². The summed E-state index contributed by atoms with van der Waals surface area (Å²) in [4.78, 5) is 23.6. The molecule has 0 unspecified atom stereocenters. The molecule has 9 heteroatoms. The van der Waals surface area contributed by atoms with E-state index in [2.05, 4.69) is 15.1 Å². The SMILES string of the molecule is Cn1cc(-c2ccc3cnc(CC(=O)C4CCN(CCC(F)(F)F)CC4)cc3n2)cn1. The second kappa shape index (κ2) is 8.74. The summed E-state index contributed by atoms with van der Waals surface area (Å²) < 4.78 is 38.9. The predicted octanol–water partition coefficient (Wildman–Crippen LogP) is 3.81. The molecule has 0 radical (unpaired) electrons. The summed E-state index contributed by atoms with van der Waals surface area (Å²) in [6.07, 6.45) is 1.81. The van der Waals surface area contributed by atoms with Gasteiger partial charge < -0.3 is 4.90 Å². The molecule has 4 rings (SSSR count). The number of alkyl halides is 3. The highest BCUT2D eigenvalue weighted by atomic mass is 19.4. The Morgan fingerprint density at radius 2 is 1.97 bits per heavy atom. The topological polar surface area (TPSA) is 63.9 Å². The minimum atomic E-state index is -4.14. The van der Waals surface area contributed by atoms with Crippen molar-refractivity contribution in [1.82, 2.24) is 24.6 Å². The molecule has 0 bridgehead atoms. The van der Waals surface area contributed by atoms with E-state index in [9.17, 15) is 18.0 Å². The summed E-state index contributed by atoms with van der Waals surface area (Å²) in [6.45, 7) is 1.04. The normalized spacial score (nSPS) is 16.1. The van der Waals surface area contributed by atoms with Crippen molar-refractivity contribution in [3.63, 3.8) is 0 Å². The van der Waals surface area contributed by atoms with Crippen LogP contribution in [0, 0.1) is 5.92 Å². The maximum absolute atomic E-state index is 12.7. The lowest BCUT2D eigenvalue weighted by Crippen LogP contribution is -2.38. The van der Waals surface area contributed by atoms with Crippen LogP contribution < -0.4 is 0 Å². The molecule has 0 spiro atoms. The van der Waals surface area contributed by atoms with E-state index in [0.29, 0.717) is 31.6 Å². The molecule has 0 atom stereocenters. The molecule has 1 saturated heterocycles. The number of Topliss-reactive ketones (excluding diaryl/α,β-unsaturated/α-hetero) is 1. The van der Waals surface area contributed by atoms with Crippen LogP contribution in [-0.2, 0) is 18.3 Å². The van der Waals surface area contributed by atoms with Gasteiger partial charge >= 0.3 is 6.18 Å². The molecule has 1 fully saturated rings. The van der Waals surface area contributed by atoms with Crippen molar-refractivity contribution in [2.75, 3.05) is 19.6 Å². The number of hydrogen-bond donors (Lipinski definition) is 0. The first-order chi connectivity index (χ1) is 14.8. The lowest BCUT2D eigenvalue weighted by Gasteiger charge is -2.31. The van der Waals surface area contributed by atoms with Crippen LogP contribution >= 0.6 is 0 Å². The molecule has 0 saturated carbocycles. The molecule has 0 N–H and O–H groups in total. The first kappa shape index (κ1) is 21.4. The third kappa shape index (κ3) is 5.46. The van der Waals surface area contributed by atoms with Crippen LogP contribution in [0.4, 0.5) is 13.2 Å². The maximum Gasteiger partial charge on any atom is 0.390 e. The number of ketones is 1. The van der Waals surface area contributed by atoms with Gasteiger partial charge in [-0.15, -0.1) is 0 Å². The Bertz CT molecular complexity index is 1070. The molecule has 0 amide bonds. The van der Waals surface area contributed by atoms with Gasteiger partial charge in [-0.05, 0) is 44.1 Å². The third-order valence-corrected chi connectivity index (χ3v) is 5.74. The number of aromatic nitrogens is 4. The van der Waals surface area contributed by atoms with E-state index in [0.717, 1.165) is 22.2 Å². The van der Waals surface area contributed by atoms with E-state index in [1.54, 1.807) is 22.0 Å². The Labute approximate surface area is 178 Å². The lowest BCUT2D eigenvalue weighted by atomic mass is 9.90. The number of halogens is 3. The van der Waals surface area contributed by atoms with Gasteiger partial charge in [0.2, 0.25) is 0 Å². The fourth-order valence-corrected chi connectivity index (χ4v) is 3.96. The number of likely N-dealkylation sites (tertiary alicyclic amines) is 1. The number of rotatable bonds is 6. The Kier molecular flexibility index (Phi) is 6.04. The van der Waals surface area contributed by atoms with Gasteiger partial charge in [0.15, 0.2) is 0 Å². The zero-order chi connectivity index (χ0) is 22.0. The summed E-state index contributed by atoms with van der Waals surface area (Å²) >= 11 is 0. The van der Waals surface area contributed by atoms with Gasteiger partial charge in [-0.2, -0.15) is 18.3 Å². The Hall–Kier alpha value is -2.81. The average molecular weight is 431 g/mol. The van der Waals surface area contributed by atoms with Gasteiger partial charge in [0.05, 0.1) is 23.8 Å². The standard InChI is InChI=1S/C22H24F3N5O/c1-29-14-17(13-27-29)19-3-2-16-12-26-18(10-20(16)28-19)11-21(31)15-4-7-30(8-5-15)9-6-22(23,24)25/h2-3,10,12-15H,4-9,11H2,1H3. The number of aryl methyl sites for hydroxylation is 1. The molecule has 3 aromatic heterocycles. The quantitative estimate of drug-likeness (QED) is 0.594. The summed E-state index contributed by atoms with van der Waals surface area (Å²) in [7, 11) is 1.85. The molecule has 1 aliphatic rings. The van der Waals surface area contributed by atoms with Gasteiger partial charge in [-0.3, -0.25) is 14.5 Å². The Morgan fingerprint density at radius 3 is 2.65 bits per heavy atom. The number of carbonyl (C=O) groups is 1. The molecular formula is C22H24F3N5O. The van der Waals surface area contributed by atoms with Crippen LogP contribution in [0.15, 0.2) is 36.8 Å². The molecule has 6 nitrogen and oxygen atoms in total. The number of hydrogen-bond acceptors (Lipinski definition) is 5. The summed E-state index contributed by atoms with van der Waals surface area (Å²) in [5.41, 5.74) is 3.14. The second-order valence-electron chi connectivity index (χ2n) is 8.09. The van der Waals surface area contributed by atoms with Crippen molar-refractivity contribution >= 4 is 16.7 Å². The highest BCUT2D eigenvalue weighted by molar-refractivity contribution is 5.85. The monoisotopic (exact) mass is 431 g/mol. The van der Waals surface area contributed by atoms with Gasteiger partial charge in [-0.25, -0.2) is 4.98 Å². The van der Waals surface area contributed by atoms with Crippen LogP contribution in [0.2, 0.25) is 0 Å². The second-order valence-corrected chi connectivity index (χ2v) is 8.09. The fourth-order valence-electron chi connectivity index (χ4n) is 3.96. The molecule has 0 aliphatic carbocycles. The lowest BCUT2D eigenvalue weighted by molar-refractivity contribution is -0.139. The maximum atomic E-state index is 12.7. The van der Waals surface area contributed by atoms with Gasteiger partial charge in [0.1, 0.15) is 5.78 Å². The van der Waals surface area contributed by atoms with Crippen LogP contribution in [-0.4, -0.2) is 56.2 Å². The van der Waals surface area contributed by atoms with Crippen LogP contribution in [0.1, 0.15) is 25.0 Å². The third-order valence-electron chi connectivity index (χ3n) is 5.74. The van der Waals surface area contributed by atoms with Gasteiger partial charge in [-0.1, -0.05) is 0 Å². The van der Waals surface area contributed by atoms with Crippen molar-refractivity contribution in [3.8, 4) is 11.3 Å². The minimum Gasteiger partial charge on any atom is -0.303 e. The van der Waals surface area contributed by atoms with E-state index in [1.807, 2.05) is 31.4 Å². The summed E-state index contributed by atoms with van der Waals surface area (Å²) in [5, 5.41) is 5.06. The molecule has 31 heavy (non-hydrogen) atoms. The van der Waals surface area contributed by atoms with Crippen LogP contribution in [0.25, 0.3) is 22.2 Å². The van der Waals surface area contributed by atoms with Gasteiger partial charge in [0.25, 0.3) is 0 Å². The minimum absolute atomic E-state index is 0.00157. The van der Waals surface area contributed by atoms with Crippen LogP contribution in [0.3, 0.4) is 0 Å². The van der Waals surface area contributed by atoms with E-state index in [-0.39, 0.29) is 24.7 Å². The fraction of sp³-hybridized carbons (Fsp3) is 0.455. The van der Waals surface area contributed by atoms with E-state index in [4.69, 9.17) is 0 Å². The molecular weight excluding hydrogens is 407 g/mol. The van der Waals surface area contributed by atoms with Gasteiger partial charge in [0, 0.05) is 55.0 Å². The van der Waals surface area contributed by atoms with Crippen molar-refractivity contribution in [2.45, 2.75) is 31.9 Å². The zero-order valence-corrected chi connectivity index (χ0v) is 17.3. The first-order valence-corrected chi connectivity index (χ1v) is 10.3. The van der Waals surface area contributed by atoms with E-state index >= 15 is 0 Å². The van der Waals surface area contributed by atoms with E-state index in [1.165, 1.54) is 0 Å². The first-order valence-electron chi connectivity index (χ1n) is 10.3. The Morgan fingerprint density at radius 1 is 1.19 bits per heavy atom. The van der Waals surface area contributed by atoms with E-state index < -0.39 is 12.6 Å². The number of carbonyl (C=O) groups excluding carboxylic acids is 1. The number of pyridine rings is 2. The number of fused-ring (bicyclic) bond motifs is 1. The largest absolute Gasteiger partial charge is 0.390 e. The number of piperidine rings is 1.